The molecule has 1 aromatic carbocycles. The first-order valence-electron chi connectivity index (χ1n) is 17.1. The van der Waals surface area contributed by atoms with Crippen LogP contribution in [0.5, 0.6) is 0 Å². The van der Waals surface area contributed by atoms with Gasteiger partial charge in [-0.2, -0.15) is 11.8 Å². The fourth-order valence-electron chi connectivity index (χ4n) is 5.81. The van der Waals surface area contributed by atoms with Crippen molar-refractivity contribution in [1.82, 2.24) is 15.5 Å². The summed E-state index contributed by atoms with van der Waals surface area (Å²) in [7, 11) is 0. The van der Waals surface area contributed by atoms with Crippen LogP contribution in [0, 0.1) is 17.7 Å². The molecule has 0 aromatic heterocycles. The SMILES string of the molecule is CSCC[C@@](C[C@H]1OC(C)(C)O[C@H](C)[C@@H]1NC(=O)OC(C)(C)C)(C(=O)NCc1ccc(F)cc1)N(C(=O)CCC(C)C)C(=O)[C@H](N)C(C)C. The summed E-state index contributed by atoms with van der Waals surface area (Å²) in [5.74, 6) is -3.14. The number of imide groups is 1. The molecule has 5 atom stereocenters. The molecule has 0 aliphatic carbocycles. The molecule has 0 bridgehead atoms. The minimum absolute atomic E-state index is 0.00863. The van der Waals surface area contributed by atoms with E-state index in [2.05, 4.69) is 10.6 Å². The maximum Gasteiger partial charge on any atom is 0.408 e. The number of carbonyl (C=O) groups is 4. The van der Waals surface area contributed by atoms with Crippen LogP contribution in [0.4, 0.5) is 9.18 Å². The number of hydrogen-bond donors (Lipinski definition) is 3. The number of alkyl carbamates (subject to hydrolysis) is 1. The van der Waals surface area contributed by atoms with Gasteiger partial charge in [0.05, 0.1) is 24.3 Å². The smallest absolute Gasteiger partial charge is 0.408 e. The summed E-state index contributed by atoms with van der Waals surface area (Å²) in [6.45, 7) is 18.0. The monoisotopic (exact) mass is 710 g/mol. The average molecular weight is 711 g/mol. The summed E-state index contributed by atoms with van der Waals surface area (Å²) in [4.78, 5) is 57.8. The molecule has 13 heteroatoms. The van der Waals surface area contributed by atoms with E-state index in [9.17, 15) is 23.6 Å². The third kappa shape index (κ3) is 12.5. The fraction of sp³-hybridized carbons (Fsp3) is 0.722. The number of rotatable bonds is 15. The summed E-state index contributed by atoms with van der Waals surface area (Å²) in [6.07, 6.45) is 0.0173. The van der Waals surface area contributed by atoms with Crippen molar-refractivity contribution in [1.29, 1.82) is 0 Å². The van der Waals surface area contributed by atoms with Crippen molar-refractivity contribution in [3.63, 3.8) is 0 Å². The molecule has 4 amide bonds. The predicted molar refractivity (Wildman–Crippen MR) is 190 cm³/mol. The number of nitrogens with one attached hydrogen (secondary N) is 2. The first-order valence-corrected chi connectivity index (χ1v) is 18.5. The van der Waals surface area contributed by atoms with Gasteiger partial charge in [0, 0.05) is 19.4 Å². The summed E-state index contributed by atoms with van der Waals surface area (Å²) in [5.41, 5.74) is 4.50. The summed E-state index contributed by atoms with van der Waals surface area (Å²) in [6, 6.07) is 3.78. The summed E-state index contributed by atoms with van der Waals surface area (Å²) in [5, 5.41) is 5.82. The Balaban J connectivity index is 2.81. The lowest BCUT2D eigenvalue weighted by Crippen LogP contribution is -2.69. The number of thioether (sulfide) groups is 1. The zero-order valence-electron chi connectivity index (χ0n) is 31.2. The van der Waals surface area contributed by atoms with E-state index < -0.39 is 70.9 Å². The van der Waals surface area contributed by atoms with Gasteiger partial charge in [-0.25, -0.2) is 9.18 Å². The highest BCUT2D eigenvalue weighted by atomic mass is 32.2. The van der Waals surface area contributed by atoms with Gasteiger partial charge >= 0.3 is 6.09 Å². The minimum Gasteiger partial charge on any atom is -0.444 e. The topological polar surface area (TPSA) is 149 Å². The van der Waals surface area contributed by atoms with Gasteiger partial charge in [-0.05, 0) is 95.9 Å². The Morgan fingerprint density at radius 1 is 1.08 bits per heavy atom. The third-order valence-corrected chi connectivity index (χ3v) is 8.99. The Morgan fingerprint density at radius 2 is 1.69 bits per heavy atom. The van der Waals surface area contributed by atoms with Crippen molar-refractivity contribution in [2.75, 3.05) is 12.0 Å². The largest absolute Gasteiger partial charge is 0.444 e. The lowest BCUT2D eigenvalue weighted by molar-refractivity contribution is -0.309. The first kappa shape index (κ1) is 42.4. The number of ether oxygens (including phenoxy) is 3. The Morgan fingerprint density at radius 3 is 2.22 bits per heavy atom. The zero-order valence-corrected chi connectivity index (χ0v) is 32.0. The van der Waals surface area contributed by atoms with Crippen molar-refractivity contribution >= 4 is 35.6 Å². The lowest BCUT2D eigenvalue weighted by atomic mass is 9.81. The van der Waals surface area contributed by atoms with Crippen molar-refractivity contribution in [2.45, 2.75) is 143 Å². The molecule has 11 nitrogen and oxygen atoms in total. The number of hydrogen-bond acceptors (Lipinski definition) is 9. The normalized spacial score (nSPS) is 21.1. The lowest BCUT2D eigenvalue weighted by Gasteiger charge is -2.50. The molecule has 0 spiro atoms. The second-order valence-electron chi connectivity index (χ2n) is 15.1. The summed E-state index contributed by atoms with van der Waals surface area (Å²) < 4.78 is 31.8. The van der Waals surface area contributed by atoms with E-state index in [0.29, 0.717) is 17.7 Å². The molecule has 49 heavy (non-hydrogen) atoms. The van der Waals surface area contributed by atoms with Gasteiger partial charge in [0.1, 0.15) is 17.0 Å². The van der Waals surface area contributed by atoms with Crippen molar-refractivity contribution in [3.05, 3.63) is 35.6 Å². The highest BCUT2D eigenvalue weighted by molar-refractivity contribution is 7.98. The average Bonchev–Trinajstić information content (AvgIpc) is 2.98. The molecule has 0 unspecified atom stereocenters. The third-order valence-electron chi connectivity index (χ3n) is 8.38. The minimum atomic E-state index is -1.80. The standard InChI is InChI=1S/C36H59FN4O7S/c1-22(2)12-17-28(42)41(31(43)29(38)23(3)4)36(18-19-49-11,32(44)39-21-25-13-15-26(37)16-14-25)20-27-30(24(5)46-35(9,10)47-27)40-33(45)48-34(6,7)8/h13-16,22-24,27,29-30H,12,17-21,38H2,1-11H3,(H,39,44)(H,40,45)/t24-,27-,29-,30+,36-/m1/s1. The van der Waals surface area contributed by atoms with Crippen LogP contribution in [0.25, 0.3) is 0 Å². The number of amides is 4. The molecular formula is C36H59FN4O7S. The van der Waals surface area contributed by atoms with Crippen LogP contribution in [0.15, 0.2) is 24.3 Å². The molecule has 1 aliphatic heterocycles. The van der Waals surface area contributed by atoms with Gasteiger partial charge in [0.2, 0.25) is 17.7 Å². The van der Waals surface area contributed by atoms with Crippen molar-refractivity contribution in [3.8, 4) is 0 Å². The van der Waals surface area contributed by atoms with E-state index in [1.807, 2.05) is 20.1 Å². The molecule has 4 N–H and O–H groups in total. The van der Waals surface area contributed by atoms with Crippen LogP contribution in [0.1, 0.15) is 100 Å². The maximum absolute atomic E-state index is 14.8. The van der Waals surface area contributed by atoms with E-state index in [4.69, 9.17) is 19.9 Å². The molecule has 2 rings (SSSR count). The van der Waals surface area contributed by atoms with Crippen LogP contribution < -0.4 is 16.4 Å². The summed E-state index contributed by atoms with van der Waals surface area (Å²) >= 11 is 1.46. The van der Waals surface area contributed by atoms with Crippen LogP contribution in [-0.4, -0.2) is 81.9 Å². The van der Waals surface area contributed by atoms with Crippen LogP contribution in [0.2, 0.25) is 0 Å². The van der Waals surface area contributed by atoms with Crippen molar-refractivity contribution in [2.24, 2.45) is 17.6 Å². The highest BCUT2D eigenvalue weighted by Gasteiger charge is 2.55. The Kier molecular flexibility index (Phi) is 15.6. The number of carbonyl (C=O) groups excluding carboxylic acids is 4. The number of benzene rings is 1. The van der Waals surface area contributed by atoms with Gasteiger partial charge in [-0.1, -0.05) is 39.8 Å². The molecule has 1 saturated heterocycles. The second-order valence-corrected chi connectivity index (χ2v) is 16.1. The van der Waals surface area contributed by atoms with Crippen LogP contribution in [-0.2, 0) is 35.1 Å². The fourth-order valence-corrected chi connectivity index (χ4v) is 6.35. The van der Waals surface area contributed by atoms with Crippen molar-refractivity contribution < 1.29 is 37.8 Å². The van der Waals surface area contributed by atoms with Gasteiger partial charge in [-0.15, -0.1) is 0 Å². The number of nitrogens with zero attached hydrogens (tertiary/aromatic N) is 1. The molecule has 1 aromatic rings. The van der Waals surface area contributed by atoms with E-state index in [1.165, 1.54) is 23.9 Å². The predicted octanol–water partition coefficient (Wildman–Crippen LogP) is 5.53. The quantitative estimate of drug-likeness (QED) is 0.214. The molecule has 1 fully saturated rings. The highest BCUT2D eigenvalue weighted by Crippen LogP contribution is 2.37. The van der Waals surface area contributed by atoms with Crippen LogP contribution in [0.3, 0.4) is 0 Å². The van der Waals surface area contributed by atoms with Gasteiger partial charge in [-0.3, -0.25) is 19.3 Å². The molecule has 1 heterocycles. The van der Waals surface area contributed by atoms with Gasteiger partial charge in [0.25, 0.3) is 0 Å². The van der Waals surface area contributed by atoms with E-state index >= 15 is 0 Å². The molecular weight excluding hydrogens is 651 g/mol. The number of halogens is 1. The van der Waals surface area contributed by atoms with E-state index in [0.717, 1.165) is 4.90 Å². The molecule has 1 aliphatic rings. The Bertz CT molecular complexity index is 1270. The van der Waals surface area contributed by atoms with Gasteiger partial charge < -0.3 is 30.6 Å². The Hall–Kier alpha value is -2.74. The molecule has 0 radical (unpaired) electrons. The first-order chi connectivity index (χ1) is 22.6. The van der Waals surface area contributed by atoms with E-state index in [-0.39, 0.29) is 37.6 Å². The van der Waals surface area contributed by atoms with E-state index in [1.54, 1.807) is 67.5 Å². The van der Waals surface area contributed by atoms with Gasteiger partial charge in [0.15, 0.2) is 5.79 Å². The second kappa shape index (κ2) is 18.0. The zero-order chi connectivity index (χ0) is 37.3. The Labute approximate surface area is 296 Å². The number of nitrogens with two attached hydrogens (primary N) is 1. The van der Waals surface area contributed by atoms with Crippen LogP contribution >= 0.6 is 11.8 Å². The molecule has 0 saturated carbocycles. The molecule has 278 valence electrons. The maximum atomic E-state index is 14.8.